The summed E-state index contributed by atoms with van der Waals surface area (Å²) in [4.78, 5) is 3.27. The maximum Gasteiger partial charge on any atom is 0.242 e. The summed E-state index contributed by atoms with van der Waals surface area (Å²) in [6, 6.07) is 2.27. The second-order valence-corrected chi connectivity index (χ2v) is 6.90. The van der Waals surface area contributed by atoms with Crippen molar-refractivity contribution in [1.82, 2.24) is 15.0 Å². The molecule has 20 heavy (non-hydrogen) atoms. The van der Waals surface area contributed by atoms with Crippen molar-refractivity contribution in [2.45, 2.75) is 50.3 Å². The molecular weight excluding hydrogens is 278 g/mol. The predicted octanol–water partition coefficient (Wildman–Crippen LogP) is 0.970. The van der Waals surface area contributed by atoms with E-state index in [1.165, 1.54) is 19.0 Å². The second-order valence-electron chi connectivity index (χ2n) is 5.13. The Morgan fingerprint density at radius 1 is 1.50 bits per heavy atom. The first-order valence-electron chi connectivity index (χ1n) is 7.03. The highest BCUT2D eigenvalue weighted by Gasteiger charge is 2.21. The van der Waals surface area contributed by atoms with Gasteiger partial charge in [0.05, 0.1) is 11.0 Å². The molecule has 1 aromatic heterocycles. The molecule has 6 nitrogen and oxygen atoms in total. The highest BCUT2D eigenvalue weighted by atomic mass is 32.2. The van der Waals surface area contributed by atoms with Crippen molar-refractivity contribution >= 4 is 10.0 Å². The molecule has 1 saturated carbocycles. The molecule has 1 unspecified atom stereocenters. The summed E-state index contributed by atoms with van der Waals surface area (Å²) in [5.41, 5.74) is 0.884. The van der Waals surface area contributed by atoms with Crippen LogP contribution in [0.15, 0.2) is 17.2 Å². The Bertz CT molecular complexity index is 523. The van der Waals surface area contributed by atoms with Gasteiger partial charge in [-0.1, -0.05) is 0 Å². The van der Waals surface area contributed by atoms with E-state index >= 15 is 0 Å². The van der Waals surface area contributed by atoms with Crippen LogP contribution in [0, 0.1) is 0 Å². The zero-order chi connectivity index (χ0) is 14.6. The molecule has 0 saturated heterocycles. The molecule has 0 spiro atoms. The van der Waals surface area contributed by atoms with Gasteiger partial charge >= 0.3 is 0 Å². The minimum atomic E-state index is -3.46. The SMILES string of the molecule is CCOC(C)CNS(=O)(=O)c1c[nH]c(CNC2CC2)c1. The van der Waals surface area contributed by atoms with Gasteiger partial charge in [0.1, 0.15) is 0 Å². The van der Waals surface area contributed by atoms with E-state index in [2.05, 4.69) is 15.0 Å². The van der Waals surface area contributed by atoms with Gasteiger partial charge in [-0.15, -0.1) is 0 Å². The zero-order valence-electron chi connectivity index (χ0n) is 12.0. The van der Waals surface area contributed by atoms with Crippen LogP contribution in [0.3, 0.4) is 0 Å². The van der Waals surface area contributed by atoms with Crippen LogP contribution in [-0.4, -0.2) is 38.7 Å². The molecule has 0 bridgehead atoms. The van der Waals surface area contributed by atoms with Crippen LogP contribution in [0.5, 0.6) is 0 Å². The van der Waals surface area contributed by atoms with Gasteiger partial charge in [0.15, 0.2) is 0 Å². The highest BCUT2D eigenvalue weighted by molar-refractivity contribution is 7.89. The van der Waals surface area contributed by atoms with Gasteiger partial charge in [-0.3, -0.25) is 0 Å². The Labute approximate surface area is 120 Å². The Kier molecular flexibility index (Phi) is 5.20. The maximum atomic E-state index is 12.1. The smallest absolute Gasteiger partial charge is 0.242 e. The molecule has 1 aliphatic rings. The molecule has 114 valence electrons. The first-order chi connectivity index (χ1) is 9.51. The van der Waals surface area contributed by atoms with Crippen LogP contribution in [0.2, 0.25) is 0 Å². The number of H-pyrrole nitrogens is 1. The van der Waals surface area contributed by atoms with Crippen LogP contribution in [0.1, 0.15) is 32.4 Å². The largest absolute Gasteiger partial charge is 0.377 e. The summed E-state index contributed by atoms with van der Waals surface area (Å²) in [5.74, 6) is 0. The van der Waals surface area contributed by atoms with Crippen molar-refractivity contribution in [2.24, 2.45) is 0 Å². The quantitative estimate of drug-likeness (QED) is 0.634. The molecule has 0 aromatic carbocycles. The average Bonchev–Trinajstić information content (AvgIpc) is 3.11. The minimum absolute atomic E-state index is 0.135. The van der Waals surface area contributed by atoms with Gasteiger partial charge in [0.25, 0.3) is 0 Å². The molecule has 1 aromatic rings. The van der Waals surface area contributed by atoms with E-state index in [0.717, 1.165) is 5.69 Å². The van der Waals surface area contributed by atoms with Crippen LogP contribution in [0.4, 0.5) is 0 Å². The first-order valence-corrected chi connectivity index (χ1v) is 8.51. The first kappa shape index (κ1) is 15.5. The van der Waals surface area contributed by atoms with E-state index in [0.29, 0.717) is 19.2 Å². The van der Waals surface area contributed by atoms with E-state index in [-0.39, 0.29) is 17.5 Å². The van der Waals surface area contributed by atoms with E-state index in [1.807, 2.05) is 13.8 Å². The Hall–Kier alpha value is -0.890. The fourth-order valence-electron chi connectivity index (χ4n) is 1.87. The van der Waals surface area contributed by atoms with Crippen molar-refractivity contribution in [3.8, 4) is 0 Å². The Morgan fingerprint density at radius 2 is 2.25 bits per heavy atom. The number of nitrogens with one attached hydrogen (secondary N) is 3. The molecule has 1 fully saturated rings. The lowest BCUT2D eigenvalue weighted by atomic mass is 10.4. The van der Waals surface area contributed by atoms with Gasteiger partial charge in [0, 0.05) is 37.6 Å². The van der Waals surface area contributed by atoms with E-state index < -0.39 is 10.0 Å². The predicted molar refractivity (Wildman–Crippen MR) is 76.9 cm³/mol. The van der Waals surface area contributed by atoms with Crippen molar-refractivity contribution in [3.63, 3.8) is 0 Å². The molecule has 0 aliphatic heterocycles. The van der Waals surface area contributed by atoms with Crippen molar-refractivity contribution in [2.75, 3.05) is 13.2 Å². The molecule has 3 N–H and O–H groups in total. The summed E-state index contributed by atoms with van der Waals surface area (Å²) in [5, 5.41) is 3.34. The van der Waals surface area contributed by atoms with E-state index in [1.54, 1.807) is 6.07 Å². The number of sulfonamides is 1. The van der Waals surface area contributed by atoms with Crippen LogP contribution >= 0.6 is 0 Å². The van der Waals surface area contributed by atoms with Crippen molar-refractivity contribution in [1.29, 1.82) is 0 Å². The van der Waals surface area contributed by atoms with Crippen molar-refractivity contribution in [3.05, 3.63) is 18.0 Å². The third-order valence-corrected chi connectivity index (χ3v) is 4.60. The van der Waals surface area contributed by atoms with Crippen LogP contribution < -0.4 is 10.0 Å². The number of rotatable bonds is 9. The molecule has 1 heterocycles. The monoisotopic (exact) mass is 301 g/mol. The zero-order valence-corrected chi connectivity index (χ0v) is 12.8. The highest BCUT2D eigenvalue weighted by Crippen LogP contribution is 2.19. The van der Waals surface area contributed by atoms with E-state index in [4.69, 9.17) is 4.74 Å². The normalized spacial score (nSPS) is 17.3. The van der Waals surface area contributed by atoms with Crippen LogP contribution in [-0.2, 0) is 21.3 Å². The van der Waals surface area contributed by atoms with E-state index in [9.17, 15) is 8.42 Å². The van der Waals surface area contributed by atoms with Gasteiger partial charge < -0.3 is 15.0 Å². The topological polar surface area (TPSA) is 83.2 Å². The molecule has 0 radical (unpaired) electrons. The standard InChI is InChI=1S/C13H23N3O3S/c1-3-19-10(2)7-16-20(17,18)13-6-12(15-9-13)8-14-11-4-5-11/h6,9-11,14-16H,3-5,7-8H2,1-2H3. The van der Waals surface area contributed by atoms with Gasteiger partial charge in [0.2, 0.25) is 10.0 Å². The summed E-state index contributed by atoms with van der Waals surface area (Å²) < 4.78 is 32.1. The third-order valence-electron chi connectivity index (χ3n) is 3.20. The van der Waals surface area contributed by atoms with Gasteiger partial charge in [-0.05, 0) is 32.8 Å². The fraction of sp³-hybridized carbons (Fsp3) is 0.692. The third kappa shape index (κ3) is 4.59. The fourth-order valence-corrected chi connectivity index (χ4v) is 3.00. The number of aromatic nitrogens is 1. The minimum Gasteiger partial charge on any atom is -0.377 e. The lowest BCUT2D eigenvalue weighted by Crippen LogP contribution is -2.32. The number of ether oxygens (including phenoxy) is 1. The lowest BCUT2D eigenvalue weighted by molar-refractivity contribution is 0.0799. The molecule has 2 rings (SSSR count). The summed E-state index contributed by atoms with van der Waals surface area (Å²) in [6.45, 7) is 5.25. The molecular formula is C13H23N3O3S. The number of aromatic amines is 1. The molecule has 1 atom stereocenters. The second kappa shape index (κ2) is 6.71. The summed E-state index contributed by atoms with van der Waals surface area (Å²) >= 11 is 0. The molecule has 7 heteroatoms. The molecule has 1 aliphatic carbocycles. The Balaban J connectivity index is 1.87. The molecule has 0 amide bonds. The number of hydrogen-bond donors (Lipinski definition) is 3. The lowest BCUT2D eigenvalue weighted by Gasteiger charge is -2.12. The summed E-state index contributed by atoms with van der Waals surface area (Å²) in [6.07, 6.45) is 3.81. The van der Waals surface area contributed by atoms with Crippen LogP contribution in [0.25, 0.3) is 0 Å². The Morgan fingerprint density at radius 3 is 2.90 bits per heavy atom. The van der Waals surface area contributed by atoms with Crippen molar-refractivity contribution < 1.29 is 13.2 Å². The average molecular weight is 301 g/mol. The van der Waals surface area contributed by atoms with Gasteiger partial charge in [-0.2, -0.15) is 0 Å². The maximum absolute atomic E-state index is 12.1. The van der Waals surface area contributed by atoms with Gasteiger partial charge in [-0.25, -0.2) is 13.1 Å². The number of hydrogen-bond acceptors (Lipinski definition) is 4. The summed E-state index contributed by atoms with van der Waals surface area (Å²) in [7, 11) is -3.46.